The van der Waals surface area contributed by atoms with E-state index in [1.807, 2.05) is 4.90 Å². The average Bonchev–Trinajstić information content (AvgIpc) is 3.12. The Kier molecular flexibility index (Phi) is 4.60. The van der Waals surface area contributed by atoms with Gasteiger partial charge in [-0.15, -0.1) is 0 Å². The van der Waals surface area contributed by atoms with Crippen LogP contribution in [0.1, 0.15) is 28.8 Å². The van der Waals surface area contributed by atoms with Gasteiger partial charge in [-0.1, -0.05) is 23.4 Å². The topological polar surface area (TPSA) is 62.4 Å². The predicted molar refractivity (Wildman–Crippen MR) is 79.1 cm³/mol. The first kappa shape index (κ1) is 16.9. The molecule has 0 aliphatic carbocycles. The first-order chi connectivity index (χ1) is 11.4. The molecule has 0 radical (unpaired) electrons. The molecule has 2 heterocycles. The summed E-state index contributed by atoms with van der Waals surface area (Å²) in [5.41, 5.74) is -0.397. The van der Waals surface area contributed by atoms with E-state index in [0.29, 0.717) is 24.8 Å². The zero-order chi connectivity index (χ0) is 17.3. The van der Waals surface area contributed by atoms with Crippen LogP contribution >= 0.6 is 0 Å². The molecule has 0 bridgehead atoms. The van der Waals surface area contributed by atoms with Gasteiger partial charge < -0.3 is 9.63 Å². The number of alkyl halides is 3. The van der Waals surface area contributed by atoms with Crippen molar-refractivity contribution in [2.24, 2.45) is 5.92 Å². The fraction of sp³-hybridized carbons (Fsp3) is 0.500. The van der Waals surface area contributed by atoms with E-state index in [0.717, 1.165) is 6.07 Å². The number of benzene rings is 1. The van der Waals surface area contributed by atoms with E-state index in [2.05, 4.69) is 10.1 Å². The summed E-state index contributed by atoms with van der Waals surface area (Å²) in [5.74, 6) is 0.623. The molecule has 24 heavy (non-hydrogen) atoms. The summed E-state index contributed by atoms with van der Waals surface area (Å²) in [7, 11) is 0. The van der Waals surface area contributed by atoms with Crippen molar-refractivity contribution in [1.29, 1.82) is 0 Å². The average molecular weight is 341 g/mol. The Bertz CT molecular complexity index is 702. The minimum atomic E-state index is -4.38. The first-order valence-electron chi connectivity index (χ1n) is 7.67. The van der Waals surface area contributed by atoms with Crippen LogP contribution in [0.5, 0.6) is 0 Å². The Balaban J connectivity index is 1.78. The van der Waals surface area contributed by atoms with Gasteiger partial charge in [-0.05, 0) is 18.6 Å². The molecule has 130 valence electrons. The Morgan fingerprint density at radius 1 is 1.29 bits per heavy atom. The Morgan fingerprint density at radius 2 is 2.04 bits per heavy atom. The molecule has 1 saturated heterocycles. The van der Waals surface area contributed by atoms with E-state index < -0.39 is 11.7 Å². The summed E-state index contributed by atoms with van der Waals surface area (Å²) in [6.07, 6.45) is -4.38. The lowest BCUT2D eigenvalue weighted by Crippen LogP contribution is -2.23. The number of aliphatic hydroxyl groups is 1. The largest absolute Gasteiger partial charge is 0.416 e. The smallest absolute Gasteiger partial charge is 0.396 e. The van der Waals surface area contributed by atoms with Crippen LogP contribution in [0, 0.1) is 12.8 Å². The highest BCUT2D eigenvalue weighted by molar-refractivity contribution is 5.29. The van der Waals surface area contributed by atoms with Gasteiger partial charge >= 0.3 is 6.18 Å². The highest BCUT2D eigenvalue weighted by atomic mass is 19.4. The van der Waals surface area contributed by atoms with E-state index in [9.17, 15) is 18.3 Å². The highest BCUT2D eigenvalue weighted by Crippen LogP contribution is 2.35. The van der Waals surface area contributed by atoms with Gasteiger partial charge in [-0.25, -0.2) is 0 Å². The predicted octanol–water partition coefficient (Wildman–Crippen LogP) is 2.60. The number of halogens is 3. The van der Waals surface area contributed by atoms with Gasteiger partial charge in [-0.2, -0.15) is 18.2 Å². The summed E-state index contributed by atoms with van der Waals surface area (Å²) in [6, 6.07) is 5.56. The SMILES string of the molecule is Cc1noc([C@@H]2CN(Cc3ccccc3C(F)(F)F)C[C@H]2CO)n1. The number of aryl methyl sites for hydroxylation is 1. The minimum absolute atomic E-state index is 0.0798. The Labute approximate surface area is 137 Å². The summed E-state index contributed by atoms with van der Waals surface area (Å²) in [4.78, 5) is 6.08. The van der Waals surface area contributed by atoms with Crippen LogP contribution < -0.4 is 0 Å². The van der Waals surface area contributed by atoms with E-state index in [1.165, 1.54) is 12.1 Å². The molecular formula is C16H18F3N3O2. The van der Waals surface area contributed by atoms with Crippen molar-refractivity contribution in [2.45, 2.75) is 25.6 Å². The third kappa shape index (κ3) is 3.44. The van der Waals surface area contributed by atoms with E-state index in [-0.39, 0.29) is 30.6 Å². The van der Waals surface area contributed by atoms with Gasteiger partial charge in [0, 0.05) is 32.2 Å². The standard InChI is InChI=1S/C16H18F3N3O2/c1-10-20-15(24-21-10)13-8-22(7-12(13)9-23)6-11-4-2-3-5-14(11)16(17,18)19/h2-5,12-13,23H,6-9H2,1H3/t12-,13+/m0/s1. The molecule has 0 unspecified atom stereocenters. The van der Waals surface area contributed by atoms with Crippen LogP contribution in [0.2, 0.25) is 0 Å². The van der Waals surface area contributed by atoms with Crippen LogP contribution in [0.3, 0.4) is 0 Å². The molecule has 2 aromatic rings. The molecule has 0 spiro atoms. The molecule has 1 aliphatic rings. The van der Waals surface area contributed by atoms with E-state index in [1.54, 1.807) is 13.0 Å². The summed E-state index contributed by atoms with van der Waals surface area (Å²) in [5, 5.41) is 13.3. The number of hydrogen-bond donors (Lipinski definition) is 1. The number of rotatable bonds is 4. The fourth-order valence-corrected chi connectivity index (χ4v) is 3.19. The summed E-state index contributed by atoms with van der Waals surface area (Å²) in [6.45, 7) is 2.74. The number of aliphatic hydroxyl groups excluding tert-OH is 1. The second-order valence-corrected chi connectivity index (χ2v) is 6.08. The van der Waals surface area contributed by atoms with Crippen molar-refractivity contribution < 1.29 is 22.8 Å². The second kappa shape index (κ2) is 6.52. The number of aromatic nitrogens is 2. The maximum Gasteiger partial charge on any atom is 0.416 e. The lowest BCUT2D eigenvalue weighted by Gasteiger charge is -2.19. The second-order valence-electron chi connectivity index (χ2n) is 6.08. The van der Waals surface area contributed by atoms with Crippen LogP contribution in [-0.4, -0.2) is 39.8 Å². The van der Waals surface area contributed by atoms with Crippen LogP contribution in [-0.2, 0) is 12.7 Å². The van der Waals surface area contributed by atoms with Crippen molar-refractivity contribution in [3.8, 4) is 0 Å². The monoisotopic (exact) mass is 341 g/mol. The fourth-order valence-electron chi connectivity index (χ4n) is 3.19. The molecule has 1 aromatic heterocycles. The van der Waals surface area contributed by atoms with Gasteiger partial charge in [-0.3, -0.25) is 4.90 Å². The molecule has 1 fully saturated rings. The quantitative estimate of drug-likeness (QED) is 0.926. The lowest BCUT2D eigenvalue weighted by atomic mass is 9.97. The van der Waals surface area contributed by atoms with Crippen molar-refractivity contribution >= 4 is 0 Å². The Hall–Kier alpha value is -1.93. The van der Waals surface area contributed by atoms with E-state index >= 15 is 0 Å². The molecular weight excluding hydrogens is 323 g/mol. The minimum Gasteiger partial charge on any atom is -0.396 e. The van der Waals surface area contributed by atoms with Gasteiger partial charge in [0.15, 0.2) is 5.82 Å². The maximum absolute atomic E-state index is 13.1. The molecule has 0 amide bonds. The van der Waals surface area contributed by atoms with Gasteiger partial charge in [0.2, 0.25) is 5.89 Å². The summed E-state index contributed by atoms with van der Waals surface area (Å²) < 4.78 is 44.5. The molecule has 1 N–H and O–H groups in total. The molecule has 1 aliphatic heterocycles. The van der Waals surface area contributed by atoms with Crippen LogP contribution in [0.15, 0.2) is 28.8 Å². The number of nitrogens with zero attached hydrogens (tertiary/aromatic N) is 3. The van der Waals surface area contributed by atoms with Crippen LogP contribution in [0.4, 0.5) is 13.2 Å². The number of hydrogen-bond acceptors (Lipinski definition) is 5. The van der Waals surface area contributed by atoms with Crippen LogP contribution in [0.25, 0.3) is 0 Å². The van der Waals surface area contributed by atoms with Gasteiger partial charge in [0.25, 0.3) is 0 Å². The summed E-state index contributed by atoms with van der Waals surface area (Å²) >= 11 is 0. The van der Waals surface area contributed by atoms with Crippen molar-refractivity contribution in [3.63, 3.8) is 0 Å². The van der Waals surface area contributed by atoms with Gasteiger partial charge in [0.05, 0.1) is 11.5 Å². The highest BCUT2D eigenvalue weighted by Gasteiger charge is 2.38. The molecule has 8 heteroatoms. The van der Waals surface area contributed by atoms with E-state index in [4.69, 9.17) is 4.52 Å². The Morgan fingerprint density at radius 3 is 2.67 bits per heavy atom. The molecule has 5 nitrogen and oxygen atoms in total. The lowest BCUT2D eigenvalue weighted by molar-refractivity contribution is -0.138. The maximum atomic E-state index is 13.1. The van der Waals surface area contributed by atoms with Crippen molar-refractivity contribution in [2.75, 3.05) is 19.7 Å². The zero-order valence-electron chi connectivity index (χ0n) is 13.1. The third-order valence-corrected chi connectivity index (χ3v) is 4.33. The molecule has 1 aromatic carbocycles. The third-order valence-electron chi connectivity index (χ3n) is 4.33. The normalized spacial score (nSPS) is 22.2. The van der Waals surface area contributed by atoms with Crippen molar-refractivity contribution in [3.05, 3.63) is 47.1 Å². The molecule has 2 atom stereocenters. The first-order valence-corrected chi connectivity index (χ1v) is 7.67. The van der Waals surface area contributed by atoms with Crippen molar-refractivity contribution in [1.82, 2.24) is 15.0 Å². The molecule has 0 saturated carbocycles. The molecule has 3 rings (SSSR count). The number of likely N-dealkylation sites (tertiary alicyclic amines) is 1. The zero-order valence-corrected chi connectivity index (χ0v) is 13.1. The van der Waals surface area contributed by atoms with Gasteiger partial charge in [0.1, 0.15) is 0 Å².